The molecule has 0 aliphatic rings. The average molecular weight is 359 g/mol. The predicted molar refractivity (Wildman–Crippen MR) is 98.1 cm³/mol. The summed E-state index contributed by atoms with van der Waals surface area (Å²) in [5.41, 5.74) is 2.42. The number of para-hydroxylation sites is 1. The van der Waals surface area contributed by atoms with Crippen molar-refractivity contribution in [3.63, 3.8) is 0 Å². The maximum atomic E-state index is 12.5. The van der Waals surface area contributed by atoms with Crippen LogP contribution < -0.4 is 5.32 Å². The summed E-state index contributed by atoms with van der Waals surface area (Å²) in [5.74, 6) is 0.377. The minimum Gasteiger partial charge on any atom is -0.345 e. The number of nitrogens with zero attached hydrogens (tertiary/aromatic N) is 6. The number of rotatable bonds is 6. The fourth-order valence-electron chi connectivity index (χ4n) is 2.74. The van der Waals surface area contributed by atoms with Crippen molar-refractivity contribution in [3.05, 3.63) is 90.0 Å². The van der Waals surface area contributed by atoms with Crippen molar-refractivity contribution in [2.45, 2.75) is 13.1 Å². The van der Waals surface area contributed by atoms with Gasteiger partial charge in [0.25, 0.3) is 5.91 Å². The van der Waals surface area contributed by atoms with Gasteiger partial charge in [-0.25, -0.2) is 0 Å². The number of tetrazole rings is 1. The van der Waals surface area contributed by atoms with Gasteiger partial charge in [0.1, 0.15) is 0 Å². The lowest BCUT2D eigenvalue weighted by molar-refractivity contribution is 0.0949. The molecule has 2 aromatic carbocycles. The maximum Gasteiger partial charge on any atom is 0.251 e. The van der Waals surface area contributed by atoms with Crippen LogP contribution in [0.1, 0.15) is 21.7 Å². The molecule has 134 valence electrons. The van der Waals surface area contributed by atoms with E-state index >= 15 is 0 Å². The number of carbonyl (C=O) groups excluding carboxylic acids is 1. The fourth-order valence-corrected chi connectivity index (χ4v) is 2.74. The molecular formula is C19H17N7O. The van der Waals surface area contributed by atoms with E-state index in [0.717, 1.165) is 11.3 Å². The molecule has 1 N–H and O–H groups in total. The third kappa shape index (κ3) is 3.90. The molecule has 0 unspecified atom stereocenters. The molecule has 0 aliphatic carbocycles. The summed E-state index contributed by atoms with van der Waals surface area (Å²) >= 11 is 0. The van der Waals surface area contributed by atoms with E-state index in [-0.39, 0.29) is 12.5 Å². The van der Waals surface area contributed by atoms with Crippen molar-refractivity contribution in [1.82, 2.24) is 35.3 Å². The van der Waals surface area contributed by atoms with Crippen LogP contribution in [0.25, 0.3) is 5.69 Å². The smallest absolute Gasteiger partial charge is 0.251 e. The van der Waals surface area contributed by atoms with E-state index in [1.54, 1.807) is 16.9 Å². The van der Waals surface area contributed by atoms with Gasteiger partial charge in [0.15, 0.2) is 5.82 Å². The molecule has 0 saturated heterocycles. The van der Waals surface area contributed by atoms with Crippen molar-refractivity contribution < 1.29 is 4.79 Å². The zero-order valence-electron chi connectivity index (χ0n) is 14.4. The molecule has 4 rings (SSSR count). The van der Waals surface area contributed by atoms with E-state index in [0.29, 0.717) is 17.9 Å². The Balaban J connectivity index is 1.44. The Morgan fingerprint density at radius 1 is 1.04 bits per heavy atom. The van der Waals surface area contributed by atoms with Gasteiger partial charge in [-0.3, -0.25) is 9.48 Å². The Hall–Kier alpha value is -3.81. The zero-order chi connectivity index (χ0) is 18.5. The molecule has 0 spiro atoms. The third-order valence-corrected chi connectivity index (χ3v) is 4.03. The molecular weight excluding hydrogens is 342 g/mol. The molecule has 0 fully saturated rings. The van der Waals surface area contributed by atoms with Gasteiger partial charge in [0, 0.05) is 18.0 Å². The molecule has 0 bridgehead atoms. The third-order valence-electron chi connectivity index (χ3n) is 4.03. The SMILES string of the molecule is O=C(NCc1nnnn1-c1ccccc1)c1cccc(Cn2cccn2)c1. The van der Waals surface area contributed by atoms with E-state index in [1.807, 2.05) is 65.5 Å². The van der Waals surface area contributed by atoms with Gasteiger partial charge in [-0.2, -0.15) is 9.78 Å². The van der Waals surface area contributed by atoms with Crippen LogP contribution in [-0.4, -0.2) is 35.9 Å². The molecule has 2 heterocycles. The predicted octanol–water partition coefficient (Wildman–Crippen LogP) is 1.84. The first-order valence-electron chi connectivity index (χ1n) is 8.47. The van der Waals surface area contributed by atoms with Crippen LogP contribution in [0.5, 0.6) is 0 Å². The standard InChI is InChI=1S/C19H17N7O/c27-19(16-7-4-6-15(12-16)14-25-11-5-10-21-25)20-13-18-22-23-24-26(18)17-8-2-1-3-9-17/h1-12H,13-14H2,(H,20,27). The molecule has 0 atom stereocenters. The number of hydrogen-bond donors (Lipinski definition) is 1. The largest absolute Gasteiger partial charge is 0.345 e. The van der Waals surface area contributed by atoms with Gasteiger partial charge >= 0.3 is 0 Å². The topological polar surface area (TPSA) is 90.5 Å². The second-order valence-corrected chi connectivity index (χ2v) is 5.93. The quantitative estimate of drug-likeness (QED) is 0.567. The van der Waals surface area contributed by atoms with Gasteiger partial charge in [0.2, 0.25) is 0 Å². The summed E-state index contributed by atoms with van der Waals surface area (Å²) in [5, 5.41) is 18.8. The zero-order valence-corrected chi connectivity index (χ0v) is 14.4. The first-order chi connectivity index (χ1) is 13.3. The lowest BCUT2D eigenvalue weighted by atomic mass is 10.1. The summed E-state index contributed by atoms with van der Waals surface area (Å²) in [4.78, 5) is 12.5. The number of aromatic nitrogens is 6. The first-order valence-corrected chi connectivity index (χ1v) is 8.47. The van der Waals surface area contributed by atoms with Crippen molar-refractivity contribution in [1.29, 1.82) is 0 Å². The summed E-state index contributed by atoms with van der Waals surface area (Å²) < 4.78 is 3.42. The second kappa shape index (κ2) is 7.61. The Kier molecular flexibility index (Phi) is 4.69. The number of carbonyl (C=O) groups is 1. The number of hydrogen-bond acceptors (Lipinski definition) is 5. The van der Waals surface area contributed by atoms with E-state index in [4.69, 9.17) is 0 Å². The highest BCUT2D eigenvalue weighted by Gasteiger charge is 2.11. The Labute approximate surface area is 155 Å². The summed E-state index contributed by atoms with van der Waals surface area (Å²) in [6.07, 6.45) is 3.61. The van der Waals surface area contributed by atoms with Gasteiger partial charge in [-0.05, 0) is 46.3 Å². The van der Waals surface area contributed by atoms with E-state index in [9.17, 15) is 4.79 Å². The van der Waals surface area contributed by atoms with E-state index in [2.05, 4.69) is 25.9 Å². The van der Waals surface area contributed by atoms with Crippen molar-refractivity contribution >= 4 is 5.91 Å². The fraction of sp³-hybridized carbons (Fsp3) is 0.105. The highest BCUT2D eigenvalue weighted by Crippen LogP contribution is 2.09. The summed E-state index contributed by atoms with van der Waals surface area (Å²) in [6, 6.07) is 18.9. The minimum atomic E-state index is -0.181. The molecule has 0 radical (unpaired) electrons. The van der Waals surface area contributed by atoms with Crippen LogP contribution in [0, 0.1) is 0 Å². The first kappa shape index (κ1) is 16.6. The van der Waals surface area contributed by atoms with Gasteiger partial charge in [-0.15, -0.1) is 5.10 Å². The summed E-state index contributed by atoms with van der Waals surface area (Å²) in [7, 11) is 0. The normalized spacial score (nSPS) is 10.7. The Morgan fingerprint density at radius 3 is 2.74 bits per heavy atom. The number of benzene rings is 2. The van der Waals surface area contributed by atoms with Crippen LogP contribution in [0.15, 0.2) is 73.1 Å². The molecule has 0 saturated carbocycles. The lowest BCUT2D eigenvalue weighted by Crippen LogP contribution is -2.25. The van der Waals surface area contributed by atoms with Gasteiger partial charge in [-0.1, -0.05) is 30.3 Å². The van der Waals surface area contributed by atoms with Gasteiger partial charge < -0.3 is 5.32 Å². The molecule has 2 aromatic heterocycles. The molecule has 27 heavy (non-hydrogen) atoms. The van der Waals surface area contributed by atoms with E-state index < -0.39 is 0 Å². The van der Waals surface area contributed by atoms with Crippen molar-refractivity contribution in [3.8, 4) is 5.69 Å². The highest BCUT2D eigenvalue weighted by atomic mass is 16.1. The van der Waals surface area contributed by atoms with Gasteiger partial charge in [0.05, 0.1) is 18.8 Å². The average Bonchev–Trinajstić information content (AvgIpc) is 3.39. The Bertz CT molecular complexity index is 1030. The van der Waals surface area contributed by atoms with Crippen molar-refractivity contribution in [2.24, 2.45) is 0 Å². The molecule has 1 amide bonds. The number of amides is 1. The molecule has 8 nitrogen and oxygen atoms in total. The molecule has 4 aromatic rings. The van der Waals surface area contributed by atoms with Crippen molar-refractivity contribution in [2.75, 3.05) is 0 Å². The number of nitrogens with one attached hydrogen (secondary N) is 1. The lowest BCUT2D eigenvalue weighted by Gasteiger charge is -2.08. The Morgan fingerprint density at radius 2 is 1.93 bits per heavy atom. The highest BCUT2D eigenvalue weighted by molar-refractivity contribution is 5.94. The van der Waals surface area contributed by atoms with Crippen LogP contribution in [0.4, 0.5) is 0 Å². The van der Waals surface area contributed by atoms with E-state index in [1.165, 1.54) is 0 Å². The van der Waals surface area contributed by atoms with Crippen LogP contribution in [0.3, 0.4) is 0 Å². The molecule has 8 heteroatoms. The summed E-state index contributed by atoms with van der Waals surface area (Å²) in [6.45, 7) is 0.838. The van der Waals surface area contributed by atoms with Crippen LogP contribution in [0.2, 0.25) is 0 Å². The maximum absolute atomic E-state index is 12.5. The second-order valence-electron chi connectivity index (χ2n) is 5.93. The minimum absolute atomic E-state index is 0.181. The monoisotopic (exact) mass is 359 g/mol. The van der Waals surface area contributed by atoms with Crippen LogP contribution in [-0.2, 0) is 13.1 Å². The van der Waals surface area contributed by atoms with Crippen LogP contribution >= 0.6 is 0 Å². The molecule has 0 aliphatic heterocycles.